The van der Waals surface area contributed by atoms with Crippen molar-refractivity contribution in [3.05, 3.63) is 58.6 Å². The molecule has 8 heteroatoms. The highest BCUT2D eigenvalue weighted by Gasteiger charge is 2.16. The number of hydrogen-bond donors (Lipinski definition) is 1. The van der Waals surface area contributed by atoms with Gasteiger partial charge in [0.2, 0.25) is 0 Å². The molecule has 2 aromatic rings. The van der Waals surface area contributed by atoms with E-state index in [0.29, 0.717) is 5.69 Å². The van der Waals surface area contributed by atoms with Crippen LogP contribution < -0.4 is 4.72 Å². The van der Waals surface area contributed by atoms with E-state index in [1.807, 2.05) is 12.3 Å². The van der Waals surface area contributed by atoms with Gasteiger partial charge in [-0.3, -0.25) is 14.8 Å². The van der Waals surface area contributed by atoms with Crippen LogP contribution in [0.15, 0.2) is 58.3 Å². The molecule has 0 aliphatic heterocycles. The first-order valence-corrected chi connectivity index (χ1v) is 8.54. The second kappa shape index (κ2) is 6.15. The first-order chi connectivity index (χ1) is 9.92. The minimum Gasteiger partial charge on any atom is -0.280 e. The Kier molecular flexibility index (Phi) is 4.49. The predicted octanol–water partition coefficient (Wildman–Crippen LogP) is 3.12. The molecule has 0 amide bonds. The first kappa shape index (κ1) is 15.3. The molecule has 110 valence electrons. The molecule has 0 fully saturated rings. The average Bonchev–Trinajstić information content (AvgIpc) is 2.47. The summed E-state index contributed by atoms with van der Waals surface area (Å²) >= 11 is 1.50. The monoisotopic (exact) mass is 324 g/mol. The highest BCUT2D eigenvalue weighted by Crippen LogP contribution is 2.22. The number of rotatable bonds is 5. The standard InChI is InChI=1S/C13H12N2O4S2/c1-20-12-4-2-3-10(9-12)14-21(18,19)13-7-5-11(6-8-13)15(16)17/h2-9,14H,1H3. The number of nitro benzene ring substituents is 1. The van der Waals surface area contributed by atoms with E-state index in [4.69, 9.17) is 0 Å². The van der Waals surface area contributed by atoms with Crippen molar-refractivity contribution in [2.24, 2.45) is 0 Å². The van der Waals surface area contributed by atoms with Crippen LogP contribution in [0.5, 0.6) is 0 Å². The van der Waals surface area contributed by atoms with Gasteiger partial charge < -0.3 is 0 Å². The molecular weight excluding hydrogens is 312 g/mol. The minimum absolute atomic E-state index is 0.0253. The van der Waals surface area contributed by atoms with Crippen LogP contribution in [0.1, 0.15) is 0 Å². The number of non-ortho nitro benzene ring substituents is 1. The molecule has 0 aromatic heterocycles. The Morgan fingerprint density at radius 3 is 2.38 bits per heavy atom. The van der Waals surface area contributed by atoms with E-state index in [2.05, 4.69) is 4.72 Å². The maximum absolute atomic E-state index is 12.2. The van der Waals surface area contributed by atoms with Crippen molar-refractivity contribution in [1.82, 2.24) is 0 Å². The molecule has 1 N–H and O–H groups in total. The highest BCUT2D eigenvalue weighted by atomic mass is 32.2. The lowest BCUT2D eigenvalue weighted by Crippen LogP contribution is -2.12. The molecule has 0 aliphatic rings. The lowest BCUT2D eigenvalue weighted by atomic mass is 10.3. The van der Waals surface area contributed by atoms with Crippen LogP contribution in [-0.2, 0) is 10.0 Å². The topological polar surface area (TPSA) is 89.3 Å². The van der Waals surface area contributed by atoms with Gasteiger partial charge in [0, 0.05) is 22.7 Å². The summed E-state index contributed by atoms with van der Waals surface area (Å²) in [6.45, 7) is 0. The Bertz CT molecular complexity index is 758. The minimum atomic E-state index is -3.76. The van der Waals surface area contributed by atoms with Gasteiger partial charge in [0.1, 0.15) is 0 Å². The lowest BCUT2D eigenvalue weighted by Gasteiger charge is -2.08. The van der Waals surface area contributed by atoms with E-state index >= 15 is 0 Å². The van der Waals surface area contributed by atoms with Gasteiger partial charge in [0.25, 0.3) is 15.7 Å². The van der Waals surface area contributed by atoms with Gasteiger partial charge in [-0.25, -0.2) is 8.42 Å². The second-order valence-electron chi connectivity index (χ2n) is 4.09. The third-order valence-electron chi connectivity index (χ3n) is 2.68. The van der Waals surface area contributed by atoms with Crippen LogP contribution in [0.25, 0.3) is 0 Å². The molecule has 0 spiro atoms. The fraction of sp³-hybridized carbons (Fsp3) is 0.0769. The molecule has 0 radical (unpaired) electrons. The number of hydrogen-bond acceptors (Lipinski definition) is 5. The number of thioether (sulfide) groups is 1. The maximum atomic E-state index is 12.2. The summed E-state index contributed by atoms with van der Waals surface area (Å²) in [6.07, 6.45) is 1.89. The van der Waals surface area contributed by atoms with Gasteiger partial charge in [-0.1, -0.05) is 6.07 Å². The third kappa shape index (κ3) is 3.73. The molecule has 0 saturated heterocycles. The van der Waals surface area contributed by atoms with Crippen LogP contribution in [0.2, 0.25) is 0 Å². The van der Waals surface area contributed by atoms with E-state index < -0.39 is 14.9 Å². The Balaban J connectivity index is 2.27. The molecule has 0 bridgehead atoms. The molecule has 0 heterocycles. The van der Waals surface area contributed by atoms with Gasteiger partial charge >= 0.3 is 0 Å². The van der Waals surface area contributed by atoms with Gasteiger partial charge in [-0.15, -0.1) is 11.8 Å². The van der Waals surface area contributed by atoms with E-state index in [9.17, 15) is 18.5 Å². The summed E-state index contributed by atoms with van der Waals surface area (Å²) in [5.41, 5.74) is 0.290. The largest absolute Gasteiger partial charge is 0.280 e. The zero-order valence-corrected chi connectivity index (χ0v) is 12.6. The van der Waals surface area contributed by atoms with E-state index in [1.165, 1.54) is 23.9 Å². The fourth-order valence-corrected chi connectivity index (χ4v) is 3.16. The SMILES string of the molecule is CSc1cccc(NS(=O)(=O)c2ccc([N+](=O)[O-])cc2)c1. The van der Waals surface area contributed by atoms with Gasteiger partial charge in [-0.2, -0.15) is 0 Å². The van der Waals surface area contributed by atoms with Crippen molar-refractivity contribution in [1.29, 1.82) is 0 Å². The molecule has 21 heavy (non-hydrogen) atoms. The number of sulfonamides is 1. The number of anilines is 1. The number of nitro groups is 1. The average molecular weight is 324 g/mol. The lowest BCUT2D eigenvalue weighted by molar-refractivity contribution is -0.384. The summed E-state index contributed by atoms with van der Waals surface area (Å²) in [5, 5.41) is 10.6. The molecule has 2 aromatic carbocycles. The smallest absolute Gasteiger partial charge is 0.269 e. The normalized spacial score (nSPS) is 11.1. The van der Waals surface area contributed by atoms with Crippen molar-refractivity contribution in [2.75, 3.05) is 11.0 Å². The van der Waals surface area contributed by atoms with Crippen molar-refractivity contribution >= 4 is 33.2 Å². The van der Waals surface area contributed by atoms with Crippen LogP contribution in [-0.4, -0.2) is 19.6 Å². The summed E-state index contributed by atoms with van der Waals surface area (Å²) in [4.78, 5) is 10.9. The Labute approximate surface area is 126 Å². The van der Waals surface area contributed by atoms with E-state index in [0.717, 1.165) is 17.0 Å². The van der Waals surface area contributed by atoms with Crippen molar-refractivity contribution in [3.63, 3.8) is 0 Å². The molecule has 0 unspecified atom stereocenters. The van der Waals surface area contributed by atoms with Crippen LogP contribution >= 0.6 is 11.8 Å². The van der Waals surface area contributed by atoms with Gasteiger partial charge in [0.15, 0.2) is 0 Å². The van der Waals surface area contributed by atoms with E-state index in [-0.39, 0.29) is 10.6 Å². The quantitative estimate of drug-likeness (QED) is 0.518. The Morgan fingerprint density at radius 1 is 1.14 bits per heavy atom. The molecule has 0 saturated carbocycles. The summed E-state index contributed by atoms with van der Waals surface area (Å²) < 4.78 is 26.8. The zero-order valence-electron chi connectivity index (χ0n) is 11.0. The zero-order chi connectivity index (χ0) is 15.5. The fourth-order valence-electron chi connectivity index (χ4n) is 1.65. The van der Waals surface area contributed by atoms with Gasteiger partial charge in [-0.05, 0) is 36.6 Å². The van der Waals surface area contributed by atoms with Crippen molar-refractivity contribution < 1.29 is 13.3 Å². The van der Waals surface area contributed by atoms with Crippen molar-refractivity contribution in [2.45, 2.75) is 9.79 Å². The molecule has 6 nitrogen and oxygen atoms in total. The van der Waals surface area contributed by atoms with Crippen LogP contribution in [0.4, 0.5) is 11.4 Å². The summed E-state index contributed by atoms with van der Waals surface area (Å²) in [7, 11) is -3.76. The van der Waals surface area contributed by atoms with Crippen LogP contribution in [0.3, 0.4) is 0 Å². The summed E-state index contributed by atoms with van der Waals surface area (Å²) in [6, 6.07) is 11.7. The van der Waals surface area contributed by atoms with Crippen molar-refractivity contribution in [3.8, 4) is 0 Å². The predicted molar refractivity (Wildman–Crippen MR) is 82.1 cm³/mol. The Morgan fingerprint density at radius 2 is 1.81 bits per heavy atom. The first-order valence-electron chi connectivity index (χ1n) is 5.84. The number of benzene rings is 2. The number of nitrogens with one attached hydrogen (secondary N) is 1. The van der Waals surface area contributed by atoms with Crippen LogP contribution in [0, 0.1) is 10.1 Å². The number of nitrogens with zero attached hydrogens (tertiary/aromatic N) is 1. The molecule has 0 atom stereocenters. The summed E-state index contributed by atoms with van der Waals surface area (Å²) in [5.74, 6) is 0. The maximum Gasteiger partial charge on any atom is 0.269 e. The second-order valence-corrected chi connectivity index (χ2v) is 6.65. The molecular formula is C13H12N2O4S2. The van der Waals surface area contributed by atoms with E-state index in [1.54, 1.807) is 18.2 Å². The molecule has 2 rings (SSSR count). The Hall–Kier alpha value is -2.06. The van der Waals surface area contributed by atoms with Gasteiger partial charge in [0.05, 0.1) is 9.82 Å². The highest BCUT2D eigenvalue weighted by molar-refractivity contribution is 7.98. The third-order valence-corrected chi connectivity index (χ3v) is 4.80. The molecule has 0 aliphatic carbocycles.